The fourth-order valence-corrected chi connectivity index (χ4v) is 2.40. The van der Waals surface area contributed by atoms with Crippen LogP contribution in [0.25, 0.3) is 11.3 Å². The van der Waals surface area contributed by atoms with Gasteiger partial charge >= 0.3 is 0 Å². The minimum absolute atomic E-state index is 0.402. The second-order valence-corrected chi connectivity index (χ2v) is 4.76. The Labute approximate surface area is 106 Å². The van der Waals surface area contributed by atoms with Crippen LogP contribution in [0.4, 0.5) is 5.82 Å². The molecule has 0 bridgehead atoms. The first kappa shape index (κ1) is 11.1. The second-order valence-electron chi connectivity index (χ2n) is 4.76. The van der Waals surface area contributed by atoms with E-state index in [0.717, 1.165) is 17.0 Å². The van der Waals surface area contributed by atoms with Gasteiger partial charge in [-0.15, -0.1) is 0 Å². The van der Waals surface area contributed by atoms with E-state index in [-0.39, 0.29) is 0 Å². The van der Waals surface area contributed by atoms with E-state index >= 15 is 0 Å². The van der Waals surface area contributed by atoms with E-state index in [2.05, 4.69) is 10.2 Å². The van der Waals surface area contributed by atoms with Crippen LogP contribution in [0.1, 0.15) is 25.7 Å². The van der Waals surface area contributed by atoms with Crippen molar-refractivity contribution in [2.24, 2.45) is 0 Å². The summed E-state index contributed by atoms with van der Waals surface area (Å²) in [6.07, 6.45) is 5.34. The van der Waals surface area contributed by atoms with Crippen LogP contribution in [0.3, 0.4) is 0 Å². The Hall–Kier alpha value is -1.97. The zero-order chi connectivity index (χ0) is 12.4. The standard InChI is InChI=1S/C14H17N3O/c15-14-9-13(16-17-14)10-5-7-12(8-6-10)18-11-3-1-2-4-11/h5-9,11H,1-4H2,(H3,15,16,17). The highest BCUT2D eigenvalue weighted by atomic mass is 16.5. The topological polar surface area (TPSA) is 63.9 Å². The normalized spacial score (nSPS) is 16.0. The third-order valence-corrected chi connectivity index (χ3v) is 3.37. The van der Waals surface area contributed by atoms with Crippen LogP contribution < -0.4 is 10.5 Å². The highest BCUT2D eigenvalue weighted by Crippen LogP contribution is 2.26. The van der Waals surface area contributed by atoms with Crippen LogP contribution in [0, 0.1) is 0 Å². The maximum absolute atomic E-state index is 5.92. The lowest BCUT2D eigenvalue weighted by atomic mass is 10.1. The van der Waals surface area contributed by atoms with E-state index in [4.69, 9.17) is 10.5 Å². The first-order valence-corrected chi connectivity index (χ1v) is 6.39. The summed E-state index contributed by atoms with van der Waals surface area (Å²) < 4.78 is 5.92. The molecule has 4 heteroatoms. The van der Waals surface area contributed by atoms with Crippen molar-refractivity contribution >= 4 is 5.82 Å². The van der Waals surface area contributed by atoms with Crippen molar-refractivity contribution in [2.75, 3.05) is 5.73 Å². The minimum Gasteiger partial charge on any atom is -0.490 e. The summed E-state index contributed by atoms with van der Waals surface area (Å²) in [5, 5.41) is 6.82. The third kappa shape index (κ3) is 2.32. The molecule has 3 rings (SSSR count). The van der Waals surface area contributed by atoms with Crippen molar-refractivity contribution in [3.8, 4) is 17.0 Å². The molecule has 1 fully saturated rings. The third-order valence-electron chi connectivity index (χ3n) is 3.37. The average molecular weight is 243 g/mol. The Morgan fingerprint density at radius 2 is 1.89 bits per heavy atom. The second kappa shape index (κ2) is 4.72. The van der Waals surface area contributed by atoms with Crippen molar-refractivity contribution in [1.29, 1.82) is 0 Å². The quantitative estimate of drug-likeness (QED) is 0.871. The maximum Gasteiger partial charge on any atom is 0.145 e. The van der Waals surface area contributed by atoms with Gasteiger partial charge in [-0.25, -0.2) is 0 Å². The Morgan fingerprint density at radius 1 is 1.17 bits per heavy atom. The molecule has 1 aromatic carbocycles. The monoisotopic (exact) mass is 243 g/mol. The van der Waals surface area contributed by atoms with Crippen LogP contribution in [0.2, 0.25) is 0 Å². The van der Waals surface area contributed by atoms with E-state index in [9.17, 15) is 0 Å². The first-order chi connectivity index (χ1) is 8.81. The summed E-state index contributed by atoms with van der Waals surface area (Å²) >= 11 is 0. The number of ether oxygens (including phenoxy) is 1. The average Bonchev–Trinajstić information content (AvgIpc) is 3.02. The summed E-state index contributed by atoms with van der Waals surface area (Å²) in [7, 11) is 0. The molecule has 3 N–H and O–H groups in total. The van der Waals surface area contributed by atoms with Gasteiger partial charge in [0, 0.05) is 6.07 Å². The Kier molecular flexibility index (Phi) is 2.92. The predicted molar refractivity (Wildman–Crippen MR) is 71.3 cm³/mol. The van der Waals surface area contributed by atoms with Crippen LogP contribution in [0.15, 0.2) is 30.3 Å². The molecule has 94 valence electrons. The summed E-state index contributed by atoms with van der Waals surface area (Å²) in [5.41, 5.74) is 7.59. The lowest BCUT2D eigenvalue weighted by Crippen LogP contribution is -2.10. The Morgan fingerprint density at radius 3 is 2.50 bits per heavy atom. The van der Waals surface area contributed by atoms with Crippen LogP contribution in [-0.2, 0) is 0 Å². The van der Waals surface area contributed by atoms with Crippen molar-refractivity contribution in [2.45, 2.75) is 31.8 Å². The Balaban J connectivity index is 1.72. The number of aromatic amines is 1. The molecule has 0 amide bonds. The molecule has 0 aliphatic heterocycles. The van der Waals surface area contributed by atoms with E-state index in [0.29, 0.717) is 11.9 Å². The van der Waals surface area contributed by atoms with Gasteiger partial charge in [0.05, 0.1) is 11.8 Å². The van der Waals surface area contributed by atoms with E-state index in [1.54, 1.807) is 0 Å². The number of hydrogen-bond acceptors (Lipinski definition) is 3. The lowest BCUT2D eigenvalue weighted by molar-refractivity contribution is 0.210. The fourth-order valence-electron chi connectivity index (χ4n) is 2.40. The fraction of sp³-hybridized carbons (Fsp3) is 0.357. The molecule has 0 spiro atoms. The number of anilines is 1. The molecule has 1 aliphatic carbocycles. The minimum atomic E-state index is 0.402. The highest BCUT2D eigenvalue weighted by molar-refractivity contribution is 5.62. The van der Waals surface area contributed by atoms with Crippen molar-refractivity contribution in [1.82, 2.24) is 10.2 Å². The molecule has 1 aliphatic rings. The summed E-state index contributed by atoms with van der Waals surface area (Å²) in [5.74, 6) is 1.45. The summed E-state index contributed by atoms with van der Waals surface area (Å²) in [4.78, 5) is 0. The van der Waals surface area contributed by atoms with Gasteiger partial charge in [0.25, 0.3) is 0 Å². The molecule has 0 radical (unpaired) electrons. The van der Waals surface area contributed by atoms with Crippen LogP contribution in [-0.4, -0.2) is 16.3 Å². The molecule has 1 saturated carbocycles. The molecule has 0 saturated heterocycles. The number of H-pyrrole nitrogens is 1. The first-order valence-electron chi connectivity index (χ1n) is 6.39. The largest absolute Gasteiger partial charge is 0.490 e. The van der Waals surface area contributed by atoms with Crippen molar-refractivity contribution < 1.29 is 4.74 Å². The molecular formula is C14H17N3O. The van der Waals surface area contributed by atoms with Gasteiger partial charge in [-0.1, -0.05) is 0 Å². The number of nitrogen functional groups attached to an aromatic ring is 1. The number of nitrogens with two attached hydrogens (primary N) is 1. The van der Waals surface area contributed by atoms with Gasteiger partial charge in [-0.05, 0) is 55.5 Å². The number of hydrogen-bond donors (Lipinski definition) is 2. The molecule has 1 aromatic heterocycles. The molecule has 4 nitrogen and oxygen atoms in total. The van der Waals surface area contributed by atoms with Gasteiger partial charge in [-0.3, -0.25) is 5.10 Å². The van der Waals surface area contributed by atoms with E-state index in [1.807, 2.05) is 30.3 Å². The molecule has 2 aromatic rings. The maximum atomic E-state index is 5.92. The van der Waals surface area contributed by atoms with E-state index in [1.165, 1.54) is 25.7 Å². The van der Waals surface area contributed by atoms with Crippen LogP contribution in [0.5, 0.6) is 5.75 Å². The van der Waals surface area contributed by atoms with Gasteiger partial charge in [-0.2, -0.15) is 5.10 Å². The molecule has 18 heavy (non-hydrogen) atoms. The number of nitrogens with one attached hydrogen (secondary N) is 1. The zero-order valence-corrected chi connectivity index (χ0v) is 10.2. The molecule has 0 unspecified atom stereocenters. The molecule has 0 atom stereocenters. The van der Waals surface area contributed by atoms with Crippen molar-refractivity contribution in [3.63, 3.8) is 0 Å². The Bertz CT molecular complexity index is 512. The zero-order valence-electron chi connectivity index (χ0n) is 10.2. The van der Waals surface area contributed by atoms with Crippen molar-refractivity contribution in [3.05, 3.63) is 30.3 Å². The van der Waals surface area contributed by atoms with Gasteiger partial charge in [0.1, 0.15) is 11.6 Å². The molecular weight excluding hydrogens is 226 g/mol. The number of rotatable bonds is 3. The molecule has 1 heterocycles. The highest BCUT2D eigenvalue weighted by Gasteiger charge is 2.16. The van der Waals surface area contributed by atoms with Gasteiger partial charge < -0.3 is 10.5 Å². The predicted octanol–water partition coefficient (Wildman–Crippen LogP) is 2.98. The smallest absolute Gasteiger partial charge is 0.145 e. The lowest BCUT2D eigenvalue weighted by Gasteiger charge is -2.12. The van der Waals surface area contributed by atoms with E-state index < -0.39 is 0 Å². The number of benzene rings is 1. The number of aromatic nitrogens is 2. The summed E-state index contributed by atoms with van der Waals surface area (Å²) in [6, 6.07) is 9.89. The van der Waals surface area contributed by atoms with Gasteiger partial charge in [0.2, 0.25) is 0 Å². The summed E-state index contributed by atoms with van der Waals surface area (Å²) in [6.45, 7) is 0. The van der Waals surface area contributed by atoms with Crippen LogP contribution >= 0.6 is 0 Å². The van der Waals surface area contributed by atoms with Gasteiger partial charge in [0.15, 0.2) is 0 Å². The number of nitrogens with zero attached hydrogens (tertiary/aromatic N) is 1. The SMILES string of the molecule is Nc1cc(-c2ccc(OC3CCCC3)cc2)[nH]n1.